The number of nitrogens with one attached hydrogen (secondary N) is 1. The van der Waals surface area contributed by atoms with Gasteiger partial charge in [0.1, 0.15) is 6.04 Å². The SMILES string of the molecule is CCC(CC)C(=O)NC(Cc1ccc2nc(C3=C(Cl)CC=CC=C3Cl)ccc2c1)C(=O)OC. The average Bonchev–Trinajstić information content (AvgIpc) is 2.98. The molecule has 5 nitrogen and oxygen atoms in total. The molecular formula is C26H28Cl2N2O3. The molecule has 0 saturated heterocycles. The lowest BCUT2D eigenvalue weighted by molar-refractivity contribution is -0.145. The minimum absolute atomic E-state index is 0.127. The van der Waals surface area contributed by atoms with Gasteiger partial charge in [-0.05, 0) is 42.7 Å². The zero-order valence-corrected chi connectivity index (χ0v) is 20.5. The van der Waals surface area contributed by atoms with E-state index in [0.717, 1.165) is 34.9 Å². The molecule has 33 heavy (non-hydrogen) atoms. The van der Waals surface area contributed by atoms with Crippen LogP contribution in [0, 0.1) is 5.92 Å². The molecule has 3 rings (SSSR count). The van der Waals surface area contributed by atoms with E-state index in [2.05, 4.69) is 5.32 Å². The first-order chi connectivity index (χ1) is 15.9. The Labute approximate surface area is 204 Å². The number of halogens is 2. The van der Waals surface area contributed by atoms with Gasteiger partial charge in [-0.15, -0.1) is 0 Å². The van der Waals surface area contributed by atoms with Gasteiger partial charge in [0, 0.05) is 34.8 Å². The van der Waals surface area contributed by atoms with E-state index >= 15 is 0 Å². The van der Waals surface area contributed by atoms with Crippen molar-refractivity contribution in [3.63, 3.8) is 0 Å². The van der Waals surface area contributed by atoms with Gasteiger partial charge in [0.2, 0.25) is 5.91 Å². The molecule has 0 saturated carbocycles. The highest BCUT2D eigenvalue weighted by atomic mass is 35.5. The third-order valence-electron chi connectivity index (χ3n) is 5.79. The van der Waals surface area contributed by atoms with E-state index in [0.29, 0.717) is 28.6 Å². The Balaban J connectivity index is 1.86. The number of amides is 1. The lowest BCUT2D eigenvalue weighted by atomic mass is 9.99. The average molecular weight is 487 g/mol. The molecule has 0 radical (unpaired) electrons. The van der Waals surface area contributed by atoms with E-state index in [4.69, 9.17) is 32.9 Å². The number of carbonyl (C=O) groups excluding carboxylic acids is 2. The summed E-state index contributed by atoms with van der Waals surface area (Å²) in [7, 11) is 1.33. The minimum Gasteiger partial charge on any atom is -0.467 e. The summed E-state index contributed by atoms with van der Waals surface area (Å²) in [6.45, 7) is 3.92. The fourth-order valence-corrected chi connectivity index (χ4v) is 4.48. The standard InChI is InChI=1S/C26H28Cl2N2O3/c1-4-17(5-2)25(31)30-23(26(32)33-3)15-16-10-12-21-18(14-16)11-13-22(29-21)24-19(27)8-6-7-9-20(24)28/h6-8,10-14,17,23H,4-5,9,15H2,1-3H3,(H,30,31). The molecule has 174 valence electrons. The van der Waals surface area contributed by atoms with Gasteiger partial charge in [0.25, 0.3) is 0 Å². The second-order valence-electron chi connectivity index (χ2n) is 7.95. The van der Waals surface area contributed by atoms with Crippen molar-refractivity contribution in [2.24, 2.45) is 5.92 Å². The number of carbonyl (C=O) groups is 2. The van der Waals surface area contributed by atoms with Crippen LogP contribution in [0.15, 0.2) is 58.6 Å². The van der Waals surface area contributed by atoms with E-state index in [9.17, 15) is 9.59 Å². The van der Waals surface area contributed by atoms with Crippen LogP contribution in [0.3, 0.4) is 0 Å². The minimum atomic E-state index is -0.751. The number of benzene rings is 1. The van der Waals surface area contributed by atoms with Crippen molar-refractivity contribution in [3.05, 3.63) is 69.9 Å². The Hall–Kier alpha value is -2.63. The largest absolute Gasteiger partial charge is 0.467 e. The fraction of sp³-hybridized carbons (Fsp3) is 0.346. The highest BCUT2D eigenvalue weighted by Crippen LogP contribution is 2.34. The predicted molar refractivity (Wildman–Crippen MR) is 134 cm³/mol. The number of hydrogen-bond donors (Lipinski definition) is 1. The summed E-state index contributed by atoms with van der Waals surface area (Å²) >= 11 is 12.9. The summed E-state index contributed by atoms with van der Waals surface area (Å²) in [5.41, 5.74) is 3.11. The topological polar surface area (TPSA) is 68.3 Å². The molecule has 1 unspecified atom stereocenters. The summed E-state index contributed by atoms with van der Waals surface area (Å²) < 4.78 is 4.93. The molecule has 0 fully saturated rings. The zero-order chi connectivity index (χ0) is 24.0. The molecule has 1 heterocycles. The molecule has 1 N–H and O–H groups in total. The normalized spacial score (nSPS) is 14.8. The number of esters is 1. The van der Waals surface area contributed by atoms with E-state index in [1.807, 2.05) is 62.4 Å². The number of methoxy groups -OCH3 is 1. The number of ether oxygens (including phenoxy) is 1. The van der Waals surface area contributed by atoms with E-state index in [1.165, 1.54) is 7.11 Å². The first-order valence-corrected chi connectivity index (χ1v) is 11.8. The van der Waals surface area contributed by atoms with Gasteiger partial charge < -0.3 is 10.1 Å². The van der Waals surface area contributed by atoms with Crippen molar-refractivity contribution in [2.45, 2.75) is 45.6 Å². The quantitative estimate of drug-likeness (QED) is 0.471. The molecule has 0 bridgehead atoms. The van der Waals surface area contributed by atoms with Crippen LogP contribution in [0.5, 0.6) is 0 Å². The van der Waals surface area contributed by atoms with Crippen molar-refractivity contribution in [1.82, 2.24) is 10.3 Å². The number of nitrogens with zero attached hydrogens (tertiary/aromatic N) is 1. The lowest BCUT2D eigenvalue weighted by Crippen LogP contribution is -2.45. The summed E-state index contributed by atoms with van der Waals surface area (Å²) in [4.78, 5) is 29.6. The predicted octanol–water partition coefficient (Wildman–Crippen LogP) is 5.90. The Bertz CT molecular complexity index is 1130. The molecule has 7 heteroatoms. The Morgan fingerprint density at radius 2 is 1.91 bits per heavy atom. The van der Waals surface area contributed by atoms with Gasteiger partial charge in [-0.3, -0.25) is 4.79 Å². The van der Waals surface area contributed by atoms with Gasteiger partial charge in [-0.25, -0.2) is 9.78 Å². The Kier molecular flexibility index (Phi) is 8.70. The van der Waals surface area contributed by atoms with E-state index in [-0.39, 0.29) is 11.8 Å². The van der Waals surface area contributed by atoms with Crippen molar-refractivity contribution >= 4 is 51.6 Å². The molecule has 1 aliphatic rings. The summed E-state index contributed by atoms with van der Waals surface area (Å²) in [5, 5.41) is 4.96. The highest BCUT2D eigenvalue weighted by Gasteiger charge is 2.25. The fourth-order valence-electron chi connectivity index (χ4n) is 3.86. The number of rotatable bonds is 8. The van der Waals surface area contributed by atoms with Gasteiger partial charge >= 0.3 is 5.97 Å². The van der Waals surface area contributed by atoms with Gasteiger partial charge in [0.05, 0.1) is 23.4 Å². The maximum absolute atomic E-state index is 12.5. The van der Waals surface area contributed by atoms with Crippen LogP contribution >= 0.6 is 23.2 Å². The van der Waals surface area contributed by atoms with Crippen molar-refractivity contribution in [1.29, 1.82) is 0 Å². The molecule has 0 spiro atoms. The molecule has 1 aromatic heterocycles. The van der Waals surface area contributed by atoms with Crippen LogP contribution in [0.1, 0.15) is 44.4 Å². The first-order valence-electron chi connectivity index (χ1n) is 11.1. The third kappa shape index (κ3) is 6.04. The molecule has 1 aromatic carbocycles. The molecule has 1 amide bonds. The lowest BCUT2D eigenvalue weighted by Gasteiger charge is -2.20. The molecule has 0 aliphatic heterocycles. The van der Waals surface area contributed by atoms with Crippen LogP contribution in [0.2, 0.25) is 0 Å². The second-order valence-corrected chi connectivity index (χ2v) is 8.82. The monoisotopic (exact) mass is 486 g/mol. The summed E-state index contributed by atoms with van der Waals surface area (Å²) in [6, 6.07) is 8.86. The molecule has 1 atom stereocenters. The van der Waals surface area contributed by atoms with Crippen LogP contribution in [0.25, 0.3) is 16.5 Å². The van der Waals surface area contributed by atoms with Crippen molar-refractivity contribution in [2.75, 3.05) is 7.11 Å². The molecular weight excluding hydrogens is 459 g/mol. The third-order valence-corrected chi connectivity index (χ3v) is 6.45. The Morgan fingerprint density at radius 3 is 2.61 bits per heavy atom. The summed E-state index contributed by atoms with van der Waals surface area (Å²) in [5.74, 6) is -0.721. The van der Waals surface area contributed by atoms with Crippen LogP contribution < -0.4 is 5.32 Å². The van der Waals surface area contributed by atoms with Crippen LogP contribution in [0.4, 0.5) is 0 Å². The van der Waals surface area contributed by atoms with Gasteiger partial charge in [-0.1, -0.05) is 61.3 Å². The van der Waals surface area contributed by atoms with Crippen molar-refractivity contribution < 1.29 is 14.3 Å². The number of pyridine rings is 1. The van der Waals surface area contributed by atoms with Crippen LogP contribution in [-0.4, -0.2) is 30.0 Å². The number of fused-ring (bicyclic) bond motifs is 1. The smallest absolute Gasteiger partial charge is 0.328 e. The zero-order valence-electron chi connectivity index (χ0n) is 19.0. The highest BCUT2D eigenvalue weighted by molar-refractivity contribution is 6.42. The Morgan fingerprint density at radius 1 is 1.15 bits per heavy atom. The van der Waals surface area contributed by atoms with E-state index < -0.39 is 12.0 Å². The molecule has 1 aliphatic carbocycles. The molecule has 2 aromatic rings. The number of aromatic nitrogens is 1. The van der Waals surface area contributed by atoms with Gasteiger partial charge in [-0.2, -0.15) is 0 Å². The first kappa shape index (κ1) is 25.0. The van der Waals surface area contributed by atoms with Gasteiger partial charge in [0.15, 0.2) is 0 Å². The maximum atomic E-state index is 12.5. The maximum Gasteiger partial charge on any atom is 0.328 e. The van der Waals surface area contributed by atoms with Crippen LogP contribution in [-0.2, 0) is 20.7 Å². The number of allylic oxidation sites excluding steroid dienone is 6. The van der Waals surface area contributed by atoms with Crippen molar-refractivity contribution in [3.8, 4) is 0 Å². The second kappa shape index (κ2) is 11.5. The number of hydrogen-bond acceptors (Lipinski definition) is 4. The summed E-state index contributed by atoms with van der Waals surface area (Å²) in [6.07, 6.45) is 8.00. The van der Waals surface area contributed by atoms with E-state index in [1.54, 1.807) is 0 Å².